The number of thioether (sulfide) groups is 1. The number of terminal acetylenes is 1. The zero-order valence-electron chi connectivity index (χ0n) is 23.6. The first-order valence-corrected chi connectivity index (χ1v) is 17.1. The van der Waals surface area contributed by atoms with E-state index < -0.39 is 16.1 Å². The molecule has 224 valence electrons. The number of hydrazine groups is 1. The highest BCUT2D eigenvalue weighted by Crippen LogP contribution is 2.39. The monoisotopic (exact) mass is 630 g/mol. The highest BCUT2D eigenvalue weighted by Gasteiger charge is 2.41. The van der Waals surface area contributed by atoms with Gasteiger partial charge in [0.15, 0.2) is 0 Å². The molecule has 0 spiro atoms. The second kappa shape index (κ2) is 11.6. The highest BCUT2D eigenvalue weighted by molar-refractivity contribution is 8.03. The van der Waals surface area contributed by atoms with Gasteiger partial charge in [-0.3, -0.25) is 10.2 Å². The number of rotatable bonds is 4. The van der Waals surface area contributed by atoms with Crippen LogP contribution in [0.5, 0.6) is 0 Å². The Bertz CT molecular complexity index is 1580. The average molecular weight is 631 g/mol. The first-order chi connectivity index (χ1) is 20.2. The van der Waals surface area contributed by atoms with Gasteiger partial charge >= 0.3 is 6.03 Å². The molecule has 0 radical (unpaired) electrons. The van der Waals surface area contributed by atoms with Crippen molar-refractivity contribution in [2.24, 2.45) is 0 Å². The van der Waals surface area contributed by atoms with Gasteiger partial charge in [0.1, 0.15) is 9.24 Å². The summed E-state index contributed by atoms with van der Waals surface area (Å²) in [6.45, 7) is 4.85. The summed E-state index contributed by atoms with van der Waals surface area (Å²) in [6.07, 6.45) is 6.29. The minimum absolute atomic E-state index is 0.0321. The number of sulfonamides is 1. The van der Waals surface area contributed by atoms with Crippen molar-refractivity contribution in [3.8, 4) is 12.3 Å². The van der Waals surface area contributed by atoms with Gasteiger partial charge in [0.05, 0.1) is 24.6 Å². The molecule has 1 aromatic carbocycles. The Morgan fingerprint density at radius 2 is 1.93 bits per heavy atom. The van der Waals surface area contributed by atoms with E-state index in [2.05, 4.69) is 30.2 Å². The van der Waals surface area contributed by atoms with Gasteiger partial charge in [0, 0.05) is 75.1 Å². The summed E-state index contributed by atoms with van der Waals surface area (Å²) in [5.74, 6) is 2.48. The summed E-state index contributed by atoms with van der Waals surface area (Å²) < 4.78 is 35.5. The summed E-state index contributed by atoms with van der Waals surface area (Å²) in [6, 6.07) is 6.24. The number of carbonyl (C=O) groups is 2. The molecule has 2 aromatic rings. The molecule has 4 aliphatic rings. The van der Waals surface area contributed by atoms with E-state index in [-0.39, 0.29) is 47.6 Å². The molecule has 2 fully saturated rings. The predicted octanol–water partition coefficient (Wildman–Crippen LogP) is 2.33. The van der Waals surface area contributed by atoms with E-state index in [4.69, 9.17) is 11.2 Å². The molecule has 2 saturated heterocycles. The number of morpholine rings is 1. The number of amides is 3. The van der Waals surface area contributed by atoms with Crippen LogP contribution in [0.3, 0.4) is 0 Å². The van der Waals surface area contributed by atoms with E-state index in [0.717, 1.165) is 21.5 Å². The lowest BCUT2D eigenvalue weighted by molar-refractivity contribution is -0.136. The van der Waals surface area contributed by atoms with Crippen LogP contribution in [0, 0.1) is 12.3 Å². The van der Waals surface area contributed by atoms with Gasteiger partial charge in [-0.15, -0.1) is 17.8 Å². The molecule has 14 heteroatoms. The van der Waals surface area contributed by atoms with Crippen LogP contribution in [0.25, 0.3) is 10.1 Å². The maximum atomic E-state index is 13.9. The number of benzene rings is 1. The number of urea groups is 1. The SMILES string of the molecule is C#Cc1ccc2cc(S(=O)(=O)N3CCN(C(=O)N4CCC5=C(N4)SC(C)N5C)C(CC(=O)N4CCOCC4)C3)sc2c1. The summed E-state index contributed by atoms with van der Waals surface area (Å²) in [5, 5.41) is 3.64. The predicted molar refractivity (Wildman–Crippen MR) is 163 cm³/mol. The maximum Gasteiger partial charge on any atom is 0.339 e. The topological polar surface area (TPSA) is 106 Å². The summed E-state index contributed by atoms with van der Waals surface area (Å²) in [7, 11) is -1.81. The molecule has 4 aliphatic heterocycles. The number of fused-ring (bicyclic) bond motifs is 1. The number of carbonyl (C=O) groups excluding carboxylic acids is 2. The smallest absolute Gasteiger partial charge is 0.339 e. The van der Waals surface area contributed by atoms with Crippen LogP contribution >= 0.6 is 23.1 Å². The number of nitrogens with one attached hydrogen (secondary N) is 1. The van der Waals surface area contributed by atoms with Crippen molar-refractivity contribution in [2.45, 2.75) is 35.4 Å². The molecule has 6 rings (SSSR count). The fourth-order valence-corrected chi connectivity index (χ4v) is 9.97. The Hall–Kier alpha value is -2.96. The molecule has 0 bridgehead atoms. The molecule has 3 amide bonds. The van der Waals surface area contributed by atoms with Crippen molar-refractivity contribution in [1.82, 2.24) is 29.4 Å². The summed E-state index contributed by atoms with van der Waals surface area (Å²) in [5.41, 5.74) is 5.16. The summed E-state index contributed by atoms with van der Waals surface area (Å²) in [4.78, 5) is 32.8. The lowest BCUT2D eigenvalue weighted by Crippen LogP contribution is -2.62. The molecule has 2 atom stereocenters. The lowest BCUT2D eigenvalue weighted by Gasteiger charge is -2.43. The van der Waals surface area contributed by atoms with Crippen LogP contribution < -0.4 is 5.43 Å². The maximum absolute atomic E-state index is 13.9. The van der Waals surface area contributed by atoms with Gasteiger partial charge < -0.3 is 19.4 Å². The zero-order chi connectivity index (χ0) is 29.6. The Balaban J connectivity index is 1.23. The lowest BCUT2D eigenvalue weighted by atomic mass is 10.1. The third kappa shape index (κ3) is 5.44. The minimum Gasteiger partial charge on any atom is -0.378 e. The van der Waals surface area contributed by atoms with Gasteiger partial charge in [-0.05, 0) is 30.5 Å². The third-order valence-corrected chi connectivity index (χ3v) is 12.9. The Morgan fingerprint density at radius 3 is 2.69 bits per heavy atom. The van der Waals surface area contributed by atoms with Crippen molar-refractivity contribution in [3.63, 3.8) is 0 Å². The molecular weight excluding hydrogens is 597 g/mol. The molecular formula is C28H34N6O5S3. The van der Waals surface area contributed by atoms with Gasteiger partial charge in [0.25, 0.3) is 10.0 Å². The van der Waals surface area contributed by atoms with Gasteiger partial charge in [-0.2, -0.15) is 4.31 Å². The van der Waals surface area contributed by atoms with Crippen LogP contribution in [0.15, 0.2) is 39.2 Å². The number of thiophene rings is 1. The third-order valence-electron chi connectivity index (χ3n) is 8.28. The van der Waals surface area contributed by atoms with Crippen molar-refractivity contribution >= 4 is 55.1 Å². The normalized spacial score (nSPS) is 23.6. The van der Waals surface area contributed by atoms with Crippen molar-refractivity contribution < 1.29 is 22.7 Å². The highest BCUT2D eigenvalue weighted by atomic mass is 32.2. The fourth-order valence-electron chi connectivity index (χ4n) is 5.74. The standard InChI is InChI=1S/C28H34N6O5S3/c1-4-20-5-6-21-16-26(41-24(21)15-20)42(37,38)32-9-10-33(22(18-32)17-25(35)31-11-13-39-14-12-31)28(36)34-8-7-23-27(29-34)40-19(2)30(23)3/h1,5-6,15-16,19,22,29H,7-14,17-18H2,2-3H3. The first-order valence-electron chi connectivity index (χ1n) is 14.0. The molecule has 2 unspecified atom stereocenters. The number of ether oxygens (including phenoxy) is 1. The second-order valence-corrected chi connectivity index (χ2v) is 15.3. The van der Waals surface area contributed by atoms with Gasteiger partial charge in [0.2, 0.25) is 5.91 Å². The number of hydrogen-bond acceptors (Lipinski definition) is 9. The van der Waals surface area contributed by atoms with Crippen LogP contribution in [-0.4, -0.2) is 115 Å². The molecule has 1 N–H and O–H groups in total. The molecule has 11 nitrogen and oxygen atoms in total. The molecule has 5 heterocycles. The van der Waals surface area contributed by atoms with Crippen LogP contribution in [-0.2, 0) is 19.6 Å². The second-order valence-electron chi connectivity index (χ2n) is 10.8. The van der Waals surface area contributed by atoms with Crippen LogP contribution in [0.2, 0.25) is 0 Å². The van der Waals surface area contributed by atoms with Crippen LogP contribution in [0.4, 0.5) is 4.79 Å². The Labute approximate surface area is 254 Å². The largest absolute Gasteiger partial charge is 0.378 e. The van der Waals surface area contributed by atoms with Gasteiger partial charge in [-0.1, -0.05) is 23.7 Å². The van der Waals surface area contributed by atoms with E-state index in [1.165, 1.54) is 21.3 Å². The van der Waals surface area contributed by atoms with Crippen molar-refractivity contribution in [1.29, 1.82) is 0 Å². The Morgan fingerprint density at radius 1 is 1.14 bits per heavy atom. The molecule has 0 saturated carbocycles. The van der Waals surface area contributed by atoms with Crippen molar-refractivity contribution in [3.05, 3.63) is 40.6 Å². The molecule has 1 aromatic heterocycles. The van der Waals surface area contributed by atoms with E-state index in [1.807, 2.05) is 12.1 Å². The van der Waals surface area contributed by atoms with E-state index in [0.29, 0.717) is 38.4 Å². The first kappa shape index (κ1) is 29.1. The Kier molecular flexibility index (Phi) is 8.05. The molecule has 0 aliphatic carbocycles. The molecule has 42 heavy (non-hydrogen) atoms. The fraction of sp³-hybridized carbons (Fsp3) is 0.500. The number of nitrogens with zero attached hydrogens (tertiary/aromatic N) is 5. The number of hydrogen-bond donors (Lipinski definition) is 1. The van der Waals surface area contributed by atoms with E-state index >= 15 is 0 Å². The van der Waals surface area contributed by atoms with Gasteiger partial charge in [-0.25, -0.2) is 18.2 Å². The van der Waals surface area contributed by atoms with Crippen LogP contribution in [0.1, 0.15) is 25.3 Å². The van der Waals surface area contributed by atoms with Crippen molar-refractivity contribution in [2.75, 3.05) is 59.5 Å². The number of piperazine rings is 1. The average Bonchev–Trinajstić information content (AvgIpc) is 3.57. The van der Waals surface area contributed by atoms with E-state index in [9.17, 15) is 18.0 Å². The minimum atomic E-state index is -3.86. The summed E-state index contributed by atoms with van der Waals surface area (Å²) >= 11 is 2.85. The van der Waals surface area contributed by atoms with E-state index in [1.54, 1.807) is 38.7 Å². The quantitative estimate of drug-likeness (QED) is 0.514. The zero-order valence-corrected chi connectivity index (χ0v) is 26.1.